The normalized spacial score (nSPS) is 12.4. The standard InChI is InChI=1S/C15H18N2/c1-11(2)14(10-16)9-13-6-3-5-12-7-4-8-17-15(12)13/h3-9,11H,10,16H2,1-2H3. The van der Waals surface area contributed by atoms with Gasteiger partial charge in [-0.05, 0) is 12.0 Å². The highest BCUT2D eigenvalue weighted by molar-refractivity contribution is 5.87. The van der Waals surface area contributed by atoms with Crippen LogP contribution in [0, 0.1) is 5.92 Å². The highest BCUT2D eigenvalue weighted by Crippen LogP contribution is 2.20. The van der Waals surface area contributed by atoms with E-state index in [1.807, 2.05) is 12.3 Å². The zero-order chi connectivity index (χ0) is 12.3. The van der Waals surface area contributed by atoms with Gasteiger partial charge in [-0.1, -0.05) is 49.8 Å². The molecule has 17 heavy (non-hydrogen) atoms. The molecule has 0 atom stereocenters. The van der Waals surface area contributed by atoms with Crippen LogP contribution in [-0.2, 0) is 0 Å². The number of nitrogens with two attached hydrogens (primary N) is 1. The van der Waals surface area contributed by atoms with Crippen molar-refractivity contribution in [2.75, 3.05) is 6.54 Å². The van der Waals surface area contributed by atoms with Crippen LogP contribution in [0.15, 0.2) is 42.1 Å². The minimum atomic E-state index is 0.471. The lowest BCUT2D eigenvalue weighted by molar-refractivity contribution is 0.753. The fourth-order valence-corrected chi connectivity index (χ4v) is 1.91. The van der Waals surface area contributed by atoms with Gasteiger partial charge >= 0.3 is 0 Å². The molecule has 2 aromatic rings. The van der Waals surface area contributed by atoms with Crippen LogP contribution in [0.3, 0.4) is 0 Å². The van der Waals surface area contributed by atoms with Crippen LogP contribution in [0.4, 0.5) is 0 Å². The van der Waals surface area contributed by atoms with E-state index in [9.17, 15) is 0 Å². The van der Waals surface area contributed by atoms with Crippen LogP contribution in [0.25, 0.3) is 17.0 Å². The van der Waals surface area contributed by atoms with Crippen LogP contribution in [0.5, 0.6) is 0 Å². The molecule has 0 aliphatic carbocycles. The summed E-state index contributed by atoms with van der Waals surface area (Å²) in [4.78, 5) is 4.44. The third-order valence-electron chi connectivity index (χ3n) is 2.98. The average molecular weight is 226 g/mol. The maximum absolute atomic E-state index is 5.78. The third kappa shape index (κ3) is 2.53. The number of benzene rings is 1. The molecule has 1 heterocycles. The van der Waals surface area contributed by atoms with E-state index in [-0.39, 0.29) is 0 Å². The van der Waals surface area contributed by atoms with E-state index in [0.29, 0.717) is 12.5 Å². The van der Waals surface area contributed by atoms with E-state index in [1.54, 1.807) is 0 Å². The van der Waals surface area contributed by atoms with E-state index >= 15 is 0 Å². The van der Waals surface area contributed by atoms with Crippen molar-refractivity contribution in [3.05, 3.63) is 47.7 Å². The first-order chi connectivity index (χ1) is 8.22. The first-order valence-corrected chi connectivity index (χ1v) is 5.96. The van der Waals surface area contributed by atoms with Crippen LogP contribution >= 0.6 is 0 Å². The van der Waals surface area contributed by atoms with Gasteiger partial charge in [0.1, 0.15) is 0 Å². The Labute approximate surface area is 102 Å². The lowest BCUT2D eigenvalue weighted by Gasteiger charge is -2.09. The summed E-state index contributed by atoms with van der Waals surface area (Å²) in [6.07, 6.45) is 4.00. The Balaban J connectivity index is 2.56. The maximum Gasteiger partial charge on any atom is 0.0774 e. The zero-order valence-corrected chi connectivity index (χ0v) is 10.4. The highest BCUT2D eigenvalue weighted by atomic mass is 14.6. The van der Waals surface area contributed by atoms with Crippen molar-refractivity contribution in [1.29, 1.82) is 0 Å². The first-order valence-electron chi connectivity index (χ1n) is 5.96. The molecular formula is C15H18N2. The second kappa shape index (κ2) is 5.11. The van der Waals surface area contributed by atoms with E-state index in [1.165, 1.54) is 11.0 Å². The smallest absolute Gasteiger partial charge is 0.0774 e. The molecule has 2 heteroatoms. The Hall–Kier alpha value is -1.67. The minimum Gasteiger partial charge on any atom is -0.327 e. The van der Waals surface area contributed by atoms with Crippen LogP contribution < -0.4 is 5.73 Å². The molecular weight excluding hydrogens is 208 g/mol. The molecule has 0 saturated carbocycles. The molecule has 0 fully saturated rings. The van der Waals surface area contributed by atoms with Gasteiger partial charge < -0.3 is 5.73 Å². The second-order valence-electron chi connectivity index (χ2n) is 4.50. The number of aromatic nitrogens is 1. The molecule has 1 aromatic carbocycles. The Morgan fingerprint density at radius 2 is 2.06 bits per heavy atom. The van der Waals surface area contributed by atoms with Crippen LogP contribution in [0.2, 0.25) is 0 Å². The molecule has 0 unspecified atom stereocenters. The van der Waals surface area contributed by atoms with Crippen LogP contribution in [-0.4, -0.2) is 11.5 Å². The fourth-order valence-electron chi connectivity index (χ4n) is 1.91. The van der Waals surface area contributed by atoms with Gasteiger partial charge in [0.2, 0.25) is 0 Å². The molecule has 2 rings (SSSR count). The molecule has 0 aliphatic heterocycles. The number of hydrogen-bond acceptors (Lipinski definition) is 2. The Kier molecular flexibility index (Phi) is 3.55. The Morgan fingerprint density at radius 1 is 1.29 bits per heavy atom. The number of hydrogen-bond donors (Lipinski definition) is 1. The number of pyridine rings is 1. The number of fused-ring (bicyclic) bond motifs is 1. The SMILES string of the molecule is CC(C)C(=Cc1cccc2cccnc12)CN. The second-order valence-corrected chi connectivity index (χ2v) is 4.50. The number of para-hydroxylation sites is 1. The Bertz CT molecular complexity index is 536. The largest absolute Gasteiger partial charge is 0.327 e. The van der Waals surface area contributed by atoms with Crippen molar-refractivity contribution in [3.63, 3.8) is 0 Å². The zero-order valence-electron chi connectivity index (χ0n) is 10.4. The fraction of sp³-hybridized carbons (Fsp3) is 0.267. The van der Waals surface area contributed by atoms with Crippen molar-refractivity contribution in [2.24, 2.45) is 11.7 Å². The third-order valence-corrected chi connectivity index (χ3v) is 2.98. The van der Waals surface area contributed by atoms with Gasteiger partial charge in [-0.15, -0.1) is 0 Å². The van der Waals surface area contributed by atoms with Crippen LogP contribution in [0.1, 0.15) is 19.4 Å². The van der Waals surface area contributed by atoms with E-state index in [0.717, 1.165) is 11.1 Å². The van der Waals surface area contributed by atoms with Gasteiger partial charge in [-0.25, -0.2) is 0 Å². The van der Waals surface area contributed by atoms with Gasteiger partial charge in [0.05, 0.1) is 5.52 Å². The predicted octanol–water partition coefficient (Wildman–Crippen LogP) is 3.23. The predicted molar refractivity (Wildman–Crippen MR) is 73.6 cm³/mol. The molecule has 0 aliphatic rings. The molecule has 2 N–H and O–H groups in total. The molecule has 2 nitrogen and oxygen atoms in total. The van der Waals surface area contributed by atoms with Crippen molar-refractivity contribution in [1.82, 2.24) is 4.98 Å². The summed E-state index contributed by atoms with van der Waals surface area (Å²) in [5.74, 6) is 0.471. The monoisotopic (exact) mass is 226 g/mol. The molecule has 0 amide bonds. The summed E-state index contributed by atoms with van der Waals surface area (Å²) < 4.78 is 0. The summed E-state index contributed by atoms with van der Waals surface area (Å²) in [6.45, 7) is 4.93. The number of rotatable bonds is 3. The molecule has 0 saturated heterocycles. The van der Waals surface area contributed by atoms with Crippen molar-refractivity contribution < 1.29 is 0 Å². The van der Waals surface area contributed by atoms with Gasteiger partial charge in [0.15, 0.2) is 0 Å². The lowest BCUT2D eigenvalue weighted by Crippen LogP contribution is -2.08. The summed E-state index contributed by atoms with van der Waals surface area (Å²) in [6, 6.07) is 10.3. The average Bonchev–Trinajstić information content (AvgIpc) is 2.35. The summed E-state index contributed by atoms with van der Waals surface area (Å²) in [7, 11) is 0. The van der Waals surface area contributed by atoms with Crippen molar-refractivity contribution in [2.45, 2.75) is 13.8 Å². The minimum absolute atomic E-state index is 0.471. The molecule has 0 radical (unpaired) electrons. The topological polar surface area (TPSA) is 38.9 Å². The van der Waals surface area contributed by atoms with E-state index in [4.69, 9.17) is 5.73 Å². The quantitative estimate of drug-likeness (QED) is 0.872. The van der Waals surface area contributed by atoms with Gasteiger partial charge in [-0.2, -0.15) is 0 Å². The maximum atomic E-state index is 5.78. The summed E-state index contributed by atoms with van der Waals surface area (Å²) >= 11 is 0. The van der Waals surface area contributed by atoms with Gasteiger partial charge in [0, 0.05) is 23.7 Å². The molecule has 0 spiro atoms. The summed E-state index contributed by atoms with van der Waals surface area (Å²) in [5.41, 5.74) is 9.22. The van der Waals surface area contributed by atoms with E-state index in [2.05, 4.69) is 49.2 Å². The summed E-state index contributed by atoms with van der Waals surface area (Å²) in [5, 5.41) is 1.17. The van der Waals surface area contributed by atoms with Crippen molar-refractivity contribution >= 4 is 17.0 Å². The van der Waals surface area contributed by atoms with Gasteiger partial charge in [-0.3, -0.25) is 4.98 Å². The van der Waals surface area contributed by atoms with Crippen molar-refractivity contribution in [3.8, 4) is 0 Å². The molecule has 88 valence electrons. The van der Waals surface area contributed by atoms with Gasteiger partial charge in [0.25, 0.3) is 0 Å². The first kappa shape index (κ1) is 11.8. The lowest BCUT2D eigenvalue weighted by atomic mass is 9.99. The van der Waals surface area contributed by atoms with E-state index < -0.39 is 0 Å². The highest BCUT2D eigenvalue weighted by Gasteiger charge is 2.04. The Morgan fingerprint density at radius 3 is 2.76 bits per heavy atom. The molecule has 1 aromatic heterocycles. The molecule has 0 bridgehead atoms. The number of nitrogens with zero attached hydrogens (tertiary/aromatic N) is 1.